The molecule has 3 aromatic carbocycles. The van der Waals surface area contributed by atoms with E-state index in [9.17, 15) is 13.3 Å². The summed E-state index contributed by atoms with van der Waals surface area (Å²) in [5.41, 5.74) is -1.28. The van der Waals surface area contributed by atoms with Crippen molar-refractivity contribution in [1.82, 2.24) is 4.57 Å². The van der Waals surface area contributed by atoms with Crippen molar-refractivity contribution < 1.29 is 23.1 Å². The van der Waals surface area contributed by atoms with Crippen LogP contribution in [0.4, 0.5) is 8.78 Å². The molecule has 30 heavy (non-hydrogen) atoms. The Morgan fingerprint density at radius 3 is 2.27 bits per heavy atom. The molecule has 0 radical (unpaired) electrons. The zero-order valence-corrected chi connectivity index (χ0v) is 18.0. The van der Waals surface area contributed by atoms with Crippen LogP contribution in [0.15, 0.2) is 83.3 Å². The van der Waals surface area contributed by atoms with Gasteiger partial charge < -0.3 is 14.4 Å². The number of rotatable bonds is 5. The number of halogens is 3. The molecule has 0 aliphatic heterocycles. The van der Waals surface area contributed by atoms with Crippen LogP contribution in [0.3, 0.4) is 0 Å². The Kier molecular flexibility index (Phi) is 5.41. The summed E-state index contributed by atoms with van der Waals surface area (Å²) >= 11 is 3.06. The molecule has 4 aromatic rings. The molecule has 0 aliphatic rings. The molecule has 2 N–H and O–H groups in total. The minimum Gasteiger partial charge on any atom is -0.336 e. The molecule has 0 fully saturated rings. The SMILES string of the molecule is O=P(O)(O)C(F)(F)c1ccc(Cn2c(-c3ccccc3)cc3ccccc32)cc1Br. The summed E-state index contributed by atoms with van der Waals surface area (Å²) in [5.74, 6) is 0. The van der Waals surface area contributed by atoms with Gasteiger partial charge in [-0.2, -0.15) is 8.78 Å². The van der Waals surface area contributed by atoms with E-state index in [0.29, 0.717) is 12.1 Å². The van der Waals surface area contributed by atoms with Crippen molar-refractivity contribution in [3.8, 4) is 11.3 Å². The lowest BCUT2D eigenvalue weighted by atomic mass is 10.1. The third-order valence-electron chi connectivity index (χ3n) is 4.94. The second-order valence-electron chi connectivity index (χ2n) is 6.94. The molecule has 0 amide bonds. The molecule has 4 rings (SSSR count). The lowest BCUT2D eigenvalue weighted by Gasteiger charge is -2.20. The molecule has 0 saturated carbocycles. The number of alkyl halides is 2. The van der Waals surface area contributed by atoms with Crippen molar-refractivity contribution >= 4 is 34.4 Å². The zero-order chi connectivity index (χ0) is 21.5. The van der Waals surface area contributed by atoms with Gasteiger partial charge in [-0.25, -0.2) is 0 Å². The van der Waals surface area contributed by atoms with Crippen molar-refractivity contribution in [2.45, 2.75) is 12.2 Å². The van der Waals surface area contributed by atoms with Crippen LogP contribution in [0.5, 0.6) is 0 Å². The Balaban J connectivity index is 1.79. The van der Waals surface area contributed by atoms with Gasteiger partial charge in [0.1, 0.15) is 0 Å². The van der Waals surface area contributed by atoms with E-state index in [1.165, 1.54) is 12.1 Å². The lowest BCUT2D eigenvalue weighted by Crippen LogP contribution is -2.15. The van der Waals surface area contributed by atoms with Gasteiger partial charge in [-0.15, -0.1) is 0 Å². The third kappa shape index (κ3) is 3.74. The summed E-state index contributed by atoms with van der Waals surface area (Å²) in [4.78, 5) is 18.0. The molecular formula is C22H17BrF2NO3P. The molecule has 1 heterocycles. The summed E-state index contributed by atoms with van der Waals surface area (Å²) < 4.78 is 41.5. The van der Waals surface area contributed by atoms with Gasteiger partial charge >= 0.3 is 13.3 Å². The van der Waals surface area contributed by atoms with Crippen molar-refractivity contribution in [3.63, 3.8) is 0 Å². The summed E-state index contributed by atoms with van der Waals surface area (Å²) in [5, 5.41) is 1.06. The summed E-state index contributed by atoms with van der Waals surface area (Å²) in [7, 11) is -5.64. The quantitative estimate of drug-likeness (QED) is 0.320. The Bertz CT molecular complexity index is 1270. The van der Waals surface area contributed by atoms with Crippen molar-refractivity contribution in [1.29, 1.82) is 0 Å². The highest BCUT2D eigenvalue weighted by Crippen LogP contribution is 2.60. The van der Waals surface area contributed by atoms with Gasteiger partial charge in [0.05, 0.1) is 0 Å². The van der Waals surface area contributed by atoms with Crippen molar-refractivity contribution in [2.24, 2.45) is 0 Å². The monoisotopic (exact) mass is 491 g/mol. The predicted molar refractivity (Wildman–Crippen MR) is 117 cm³/mol. The number of fused-ring (bicyclic) bond motifs is 1. The van der Waals surface area contributed by atoms with E-state index >= 15 is 0 Å². The number of benzene rings is 3. The predicted octanol–water partition coefficient (Wildman–Crippen LogP) is 6.35. The molecule has 154 valence electrons. The highest BCUT2D eigenvalue weighted by atomic mass is 79.9. The second-order valence-corrected chi connectivity index (χ2v) is 9.44. The molecule has 0 spiro atoms. The number of hydrogen-bond acceptors (Lipinski definition) is 1. The largest absolute Gasteiger partial charge is 0.399 e. The van der Waals surface area contributed by atoms with E-state index in [0.717, 1.165) is 28.2 Å². The van der Waals surface area contributed by atoms with E-state index in [-0.39, 0.29) is 4.47 Å². The number of hydrogen-bond donors (Lipinski definition) is 2. The summed E-state index contributed by atoms with van der Waals surface area (Å²) in [6.45, 7) is 0.401. The molecule has 8 heteroatoms. The van der Waals surface area contributed by atoms with E-state index in [1.54, 1.807) is 0 Å². The Hall–Kier alpha value is -2.31. The van der Waals surface area contributed by atoms with Gasteiger partial charge in [-0.3, -0.25) is 4.57 Å². The minimum absolute atomic E-state index is 0.0500. The van der Waals surface area contributed by atoms with Gasteiger partial charge in [-0.1, -0.05) is 76.6 Å². The second kappa shape index (κ2) is 7.75. The van der Waals surface area contributed by atoms with Crippen LogP contribution in [0.25, 0.3) is 22.2 Å². The molecular weight excluding hydrogens is 475 g/mol. The zero-order valence-electron chi connectivity index (χ0n) is 15.5. The molecule has 0 bridgehead atoms. The van der Waals surface area contributed by atoms with Crippen LogP contribution in [0.2, 0.25) is 0 Å². The Labute approximate surface area is 180 Å². The third-order valence-corrected chi connectivity index (χ3v) is 6.57. The fourth-order valence-electron chi connectivity index (χ4n) is 3.47. The standard InChI is InChI=1S/C22H17BrF2NO3P/c23-19-12-15(10-11-18(19)22(24,25)30(27,28)29)14-26-20-9-5-4-8-17(20)13-21(26)16-6-2-1-3-7-16/h1-13H,14H2,(H2,27,28,29). The maximum Gasteiger partial charge on any atom is 0.399 e. The van der Waals surface area contributed by atoms with E-state index in [1.807, 2.05) is 54.6 Å². The smallest absolute Gasteiger partial charge is 0.336 e. The fourth-order valence-corrected chi connectivity index (χ4v) is 4.81. The number of nitrogens with zero attached hydrogens (tertiary/aromatic N) is 1. The van der Waals surface area contributed by atoms with Crippen LogP contribution < -0.4 is 0 Å². The molecule has 4 nitrogen and oxygen atoms in total. The normalized spacial score (nSPS) is 12.4. The highest BCUT2D eigenvalue weighted by Gasteiger charge is 2.51. The maximum absolute atomic E-state index is 14.1. The summed E-state index contributed by atoms with van der Waals surface area (Å²) in [6.07, 6.45) is 0. The first-order chi connectivity index (χ1) is 14.2. The fraction of sp³-hybridized carbons (Fsp3) is 0.0909. The Morgan fingerprint density at radius 1 is 0.933 bits per heavy atom. The van der Waals surface area contributed by atoms with Crippen LogP contribution in [0, 0.1) is 0 Å². The first-order valence-electron chi connectivity index (χ1n) is 9.04. The van der Waals surface area contributed by atoms with Gasteiger partial charge in [-0.05, 0) is 29.3 Å². The van der Waals surface area contributed by atoms with Gasteiger partial charge in [0.2, 0.25) is 0 Å². The van der Waals surface area contributed by atoms with Crippen molar-refractivity contribution in [2.75, 3.05) is 0 Å². The van der Waals surface area contributed by atoms with Crippen LogP contribution >= 0.6 is 23.5 Å². The highest BCUT2D eigenvalue weighted by molar-refractivity contribution is 9.10. The molecule has 0 aliphatic carbocycles. The summed E-state index contributed by atoms with van der Waals surface area (Å²) in [6, 6.07) is 23.8. The van der Waals surface area contributed by atoms with Gasteiger partial charge in [0.25, 0.3) is 0 Å². The van der Waals surface area contributed by atoms with Crippen LogP contribution in [-0.4, -0.2) is 14.4 Å². The Morgan fingerprint density at radius 2 is 1.60 bits per heavy atom. The molecule has 0 unspecified atom stereocenters. The van der Waals surface area contributed by atoms with E-state index in [4.69, 9.17) is 9.79 Å². The molecule has 0 saturated heterocycles. The van der Waals surface area contributed by atoms with Crippen LogP contribution in [-0.2, 0) is 16.8 Å². The first kappa shape index (κ1) is 20.9. The van der Waals surface area contributed by atoms with Crippen LogP contribution in [0.1, 0.15) is 11.1 Å². The minimum atomic E-state index is -5.64. The van der Waals surface area contributed by atoms with E-state index < -0.39 is 18.8 Å². The van der Waals surface area contributed by atoms with Crippen molar-refractivity contribution in [3.05, 3.63) is 94.5 Å². The number of aromatic nitrogens is 1. The maximum atomic E-state index is 14.1. The van der Waals surface area contributed by atoms with E-state index in [2.05, 4.69) is 26.6 Å². The molecule has 0 atom stereocenters. The topological polar surface area (TPSA) is 62.5 Å². The van der Waals surface area contributed by atoms with Gasteiger partial charge in [0, 0.05) is 33.2 Å². The molecule has 1 aromatic heterocycles. The lowest BCUT2D eigenvalue weighted by molar-refractivity contribution is 0.0557. The number of para-hydroxylation sites is 1. The average Bonchev–Trinajstić information content (AvgIpc) is 3.06. The first-order valence-corrected chi connectivity index (χ1v) is 11.4. The van der Waals surface area contributed by atoms with Gasteiger partial charge in [0.15, 0.2) is 0 Å². The average molecular weight is 492 g/mol.